The molecule has 1 aliphatic rings. The Labute approximate surface area is 154 Å². The average molecular weight is 352 g/mol. The van der Waals surface area contributed by atoms with Crippen LogP contribution in [-0.4, -0.2) is 29.9 Å². The topological polar surface area (TPSA) is 58.6 Å². The number of nitrogens with one attached hydrogen (secondary N) is 1. The van der Waals surface area contributed by atoms with Crippen LogP contribution >= 0.6 is 0 Å². The van der Waals surface area contributed by atoms with Crippen molar-refractivity contribution < 1.29 is 14.3 Å². The Morgan fingerprint density at radius 1 is 1.19 bits per heavy atom. The molecule has 0 aromatic heterocycles. The normalized spacial score (nSPS) is 13.8. The first-order valence-corrected chi connectivity index (χ1v) is 8.93. The van der Waals surface area contributed by atoms with Gasteiger partial charge in [-0.2, -0.15) is 0 Å². The van der Waals surface area contributed by atoms with Crippen LogP contribution in [0, 0.1) is 5.92 Å². The highest BCUT2D eigenvalue weighted by Crippen LogP contribution is 2.27. The molecule has 0 fully saturated rings. The summed E-state index contributed by atoms with van der Waals surface area (Å²) in [6, 6.07) is 14.6. The van der Waals surface area contributed by atoms with Crippen molar-refractivity contribution in [3.8, 4) is 5.75 Å². The molecular formula is C21H24N2O3. The molecule has 0 unspecified atom stereocenters. The van der Waals surface area contributed by atoms with E-state index in [1.807, 2.05) is 35.2 Å². The van der Waals surface area contributed by atoms with Gasteiger partial charge in [0.25, 0.3) is 11.8 Å². The van der Waals surface area contributed by atoms with Gasteiger partial charge in [-0.1, -0.05) is 32.0 Å². The second kappa shape index (κ2) is 8.04. The molecule has 1 N–H and O–H groups in total. The summed E-state index contributed by atoms with van der Waals surface area (Å²) in [6.07, 6.45) is 0.950. The number of fused-ring (bicyclic) bond motifs is 1. The Bertz CT molecular complexity index is 787. The van der Waals surface area contributed by atoms with Gasteiger partial charge in [-0.05, 0) is 42.7 Å². The van der Waals surface area contributed by atoms with Crippen molar-refractivity contribution in [1.82, 2.24) is 4.90 Å². The maximum Gasteiger partial charge on any atom is 0.260 e. The highest BCUT2D eigenvalue weighted by molar-refractivity contribution is 6.04. The van der Waals surface area contributed by atoms with E-state index in [1.165, 1.54) is 0 Å². The van der Waals surface area contributed by atoms with Crippen molar-refractivity contribution in [3.05, 3.63) is 59.7 Å². The molecule has 0 aliphatic carbocycles. The van der Waals surface area contributed by atoms with Gasteiger partial charge >= 0.3 is 0 Å². The summed E-state index contributed by atoms with van der Waals surface area (Å²) in [6.45, 7) is 5.55. The van der Waals surface area contributed by atoms with Crippen molar-refractivity contribution in [3.63, 3.8) is 0 Å². The van der Waals surface area contributed by atoms with Crippen molar-refractivity contribution in [2.45, 2.75) is 26.8 Å². The summed E-state index contributed by atoms with van der Waals surface area (Å²) in [5, 5.41) is 2.91. The van der Waals surface area contributed by atoms with Crippen LogP contribution in [0.4, 0.5) is 5.69 Å². The highest BCUT2D eigenvalue weighted by Gasteiger charge is 2.22. The van der Waals surface area contributed by atoms with E-state index in [-0.39, 0.29) is 18.4 Å². The number of ether oxygens (including phenoxy) is 1. The number of rotatable bonds is 5. The summed E-state index contributed by atoms with van der Waals surface area (Å²) >= 11 is 0. The maximum absolute atomic E-state index is 12.3. The summed E-state index contributed by atoms with van der Waals surface area (Å²) in [7, 11) is 0. The van der Waals surface area contributed by atoms with Crippen molar-refractivity contribution in [2.75, 3.05) is 18.5 Å². The third-order valence-corrected chi connectivity index (χ3v) is 4.40. The Morgan fingerprint density at radius 2 is 1.96 bits per heavy atom. The molecule has 5 nitrogen and oxygen atoms in total. The van der Waals surface area contributed by atoms with Crippen LogP contribution in [0.15, 0.2) is 48.5 Å². The lowest BCUT2D eigenvalue weighted by Crippen LogP contribution is -2.33. The molecule has 0 saturated heterocycles. The molecule has 5 heteroatoms. The molecule has 2 aromatic carbocycles. The van der Waals surface area contributed by atoms with Gasteiger partial charge in [-0.15, -0.1) is 0 Å². The first-order valence-electron chi connectivity index (χ1n) is 8.93. The van der Waals surface area contributed by atoms with E-state index in [1.54, 1.807) is 18.2 Å². The minimum Gasteiger partial charge on any atom is -0.483 e. The van der Waals surface area contributed by atoms with Crippen LogP contribution in [0.1, 0.15) is 36.2 Å². The third kappa shape index (κ3) is 4.42. The zero-order chi connectivity index (χ0) is 18.5. The quantitative estimate of drug-likeness (QED) is 0.892. The van der Waals surface area contributed by atoms with Gasteiger partial charge in [-0.3, -0.25) is 9.59 Å². The van der Waals surface area contributed by atoms with Gasteiger partial charge in [0, 0.05) is 29.9 Å². The molecular weight excluding hydrogens is 328 g/mol. The number of carbonyl (C=O) groups excluding carboxylic acids is 2. The minimum atomic E-state index is -0.159. The molecule has 0 radical (unpaired) electrons. The molecule has 0 bridgehead atoms. The molecule has 1 heterocycles. The number of hydrogen-bond donors (Lipinski definition) is 1. The van der Waals surface area contributed by atoms with Crippen LogP contribution in [0.5, 0.6) is 5.75 Å². The Kier molecular flexibility index (Phi) is 5.56. The fourth-order valence-corrected chi connectivity index (χ4v) is 2.86. The smallest absolute Gasteiger partial charge is 0.260 e. The predicted molar refractivity (Wildman–Crippen MR) is 101 cm³/mol. The van der Waals surface area contributed by atoms with Gasteiger partial charge < -0.3 is 15.0 Å². The monoisotopic (exact) mass is 352 g/mol. The van der Waals surface area contributed by atoms with Crippen LogP contribution < -0.4 is 10.1 Å². The maximum atomic E-state index is 12.3. The van der Waals surface area contributed by atoms with Gasteiger partial charge in [-0.25, -0.2) is 0 Å². The van der Waals surface area contributed by atoms with Crippen LogP contribution in [0.2, 0.25) is 0 Å². The van der Waals surface area contributed by atoms with Crippen LogP contribution in [-0.2, 0) is 11.3 Å². The lowest BCUT2D eigenvalue weighted by molar-refractivity contribution is -0.133. The fourth-order valence-electron chi connectivity index (χ4n) is 2.86. The molecule has 136 valence electrons. The Balaban J connectivity index is 1.75. The predicted octanol–water partition coefficient (Wildman–Crippen LogP) is 3.71. The molecule has 1 aliphatic heterocycles. The first-order chi connectivity index (χ1) is 12.5. The number of hydrogen-bond acceptors (Lipinski definition) is 3. The second-order valence-electron chi connectivity index (χ2n) is 6.93. The Morgan fingerprint density at radius 3 is 2.69 bits per heavy atom. The van der Waals surface area contributed by atoms with E-state index in [2.05, 4.69) is 19.2 Å². The van der Waals surface area contributed by atoms with Gasteiger partial charge in [0.1, 0.15) is 5.75 Å². The van der Waals surface area contributed by atoms with E-state index < -0.39 is 0 Å². The summed E-state index contributed by atoms with van der Waals surface area (Å²) in [5.74, 6) is 1.07. The molecule has 0 spiro atoms. The largest absolute Gasteiger partial charge is 0.483 e. The molecule has 26 heavy (non-hydrogen) atoms. The molecule has 2 aromatic rings. The minimum absolute atomic E-state index is 0.00304. The molecule has 3 rings (SSSR count). The Hall–Kier alpha value is -2.82. The van der Waals surface area contributed by atoms with Crippen LogP contribution in [0.25, 0.3) is 0 Å². The van der Waals surface area contributed by atoms with Crippen molar-refractivity contribution in [2.24, 2.45) is 5.92 Å². The molecule has 0 saturated carbocycles. The van der Waals surface area contributed by atoms with Crippen molar-refractivity contribution in [1.29, 1.82) is 0 Å². The van der Waals surface area contributed by atoms with Gasteiger partial charge in [0.05, 0.1) is 0 Å². The summed E-state index contributed by atoms with van der Waals surface area (Å²) in [5.41, 5.74) is 2.21. The highest BCUT2D eigenvalue weighted by atomic mass is 16.5. The molecule has 2 amide bonds. The number of nitrogens with zero attached hydrogens (tertiary/aromatic N) is 1. The van der Waals surface area contributed by atoms with E-state index in [9.17, 15) is 9.59 Å². The first kappa shape index (κ1) is 18.0. The zero-order valence-electron chi connectivity index (χ0n) is 15.2. The average Bonchev–Trinajstić information content (AvgIpc) is 2.79. The van der Waals surface area contributed by atoms with E-state index in [0.717, 1.165) is 12.0 Å². The number of benzene rings is 2. The van der Waals surface area contributed by atoms with Gasteiger partial charge in [0.2, 0.25) is 0 Å². The summed E-state index contributed by atoms with van der Waals surface area (Å²) < 4.78 is 5.64. The van der Waals surface area contributed by atoms with Crippen LogP contribution in [0.3, 0.4) is 0 Å². The fraction of sp³-hybridized carbons (Fsp3) is 0.333. The summed E-state index contributed by atoms with van der Waals surface area (Å²) in [4.78, 5) is 26.4. The number of anilines is 1. The standard InChI is InChI=1S/C21H24N2O3/c1-15(2)10-11-23-13-17-12-18(8-9-19(17)26-14-20(23)24)22-21(25)16-6-4-3-5-7-16/h3-9,12,15H,10-11,13-14H2,1-2H3,(H,22,25). The number of carbonyl (C=O) groups is 2. The SMILES string of the molecule is CC(C)CCN1Cc2cc(NC(=O)c3ccccc3)ccc2OCC1=O. The third-order valence-electron chi connectivity index (χ3n) is 4.40. The van der Waals surface area contributed by atoms with E-state index >= 15 is 0 Å². The van der Waals surface area contributed by atoms with E-state index in [4.69, 9.17) is 4.74 Å². The van der Waals surface area contributed by atoms with Crippen molar-refractivity contribution >= 4 is 17.5 Å². The zero-order valence-corrected chi connectivity index (χ0v) is 15.2. The second-order valence-corrected chi connectivity index (χ2v) is 6.93. The van der Waals surface area contributed by atoms with Gasteiger partial charge in [0.15, 0.2) is 6.61 Å². The number of amides is 2. The van der Waals surface area contributed by atoms with E-state index in [0.29, 0.717) is 36.0 Å². The molecule has 0 atom stereocenters. The lowest BCUT2D eigenvalue weighted by atomic mass is 10.1. The lowest BCUT2D eigenvalue weighted by Gasteiger charge is -2.21.